The molecule has 5 heteroatoms. The number of rotatable bonds is 7. The minimum absolute atomic E-state index is 0.164. The van der Waals surface area contributed by atoms with E-state index in [0.717, 1.165) is 67.8 Å². The molecule has 29 heavy (non-hydrogen) atoms. The highest BCUT2D eigenvalue weighted by molar-refractivity contribution is 5.96. The molecule has 2 aromatic carbocycles. The number of piperidine rings is 1. The standard InChI is InChI=1S/C24H30N2O3/c27-23-12-4-5-15-25(23)16-7-17-29-22-11-6-10-21-20(22)13-14-24(28)26(21)18-19-8-2-1-3-9-19/h1-3,6,8-11,23,27H,4-5,7,12-18H2. The molecular formula is C24H30N2O3. The van der Waals surface area contributed by atoms with E-state index in [1.165, 1.54) is 0 Å². The van der Waals surface area contributed by atoms with Crippen molar-refractivity contribution in [2.75, 3.05) is 24.6 Å². The van der Waals surface area contributed by atoms with Gasteiger partial charge in [0.15, 0.2) is 0 Å². The van der Waals surface area contributed by atoms with Crippen LogP contribution in [-0.2, 0) is 17.8 Å². The Balaban J connectivity index is 1.40. The second-order valence-electron chi connectivity index (χ2n) is 7.93. The highest BCUT2D eigenvalue weighted by Gasteiger charge is 2.26. The van der Waals surface area contributed by atoms with Gasteiger partial charge in [0.2, 0.25) is 5.91 Å². The monoisotopic (exact) mass is 394 g/mol. The summed E-state index contributed by atoms with van der Waals surface area (Å²) in [7, 11) is 0. The quantitative estimate of drug-likeness (QED) is 0.727. The number of fused-ring (bicyclic) bond motifs is 1. The molecule has 0 radical (unpaired) electrons. The van der Waals surface area contributed by atoms with Crippen LogP contribution in [0.15, 0.2) is 48.5 Å². The smallest absolute Gasteiger partial charge is 0.227 e. The molecule has 0 saturated carbocycles. The Morgan fingerprint density at radius 2 is 1.90 bits per heavy atom. The average molecular weight is 395 g/mol. The summed E-state index contributed by atoms with van der Waals surface area (Å²) in [6.07, 6.45) is 4.97. The molecule has 1 atom stereocenters. The topological polar surface area (TPSA) is 53.0 Å². The van der Waals surface area contributed by atoms with Crippen LogP contribution in [0.5, 0.6) is 5.75 Å². The zero-order valence-electron chi connectivity index (χ0n) is 16.9. The Bertz CT molecular complexity index is 824. The molecule has 2 aromatic rings. The van der Waals surface area contributed by atoms with E-state index in [9.17, 15) is 9.90 Å². The summed E-state index contributed by atoms with van der Waals surface area (Å²) >= 11 is 0. The minimum atomic E-state index is -0.300. The highest BCUT2D eigenvalue weighted by atomic mass is 16.5. The maximum Gasteiger partial charge on any atom is 0.227 e. The lowest BCUT2D eigenvalue weighted by molar-refractivity contribution is -0.119. The normalized spacial score (nSPS) is 19.8. The Morgan fingerprint density at radius 1 is 1.03 bits per heavy atom. The summed E-state index contributed by atoms with van der Waals surface area (Å²) in [6.45, 7) is 3.03. The SMILES string of the molecule is O=C1CCc2c(OCCCN3CCCCC3O)cccc2N1Cc1ccccc1. The molecule has 1 saturated heterocycles. The van der Waals surface area contributed by atoms with Crippen LogP contribution in [0.1, 0.15) is 43.2 Å². The van der Waals surface area contributed by atoms with E-state index >= 15 is 0 Å². The van der Waals surface area contributed by atoms with Crippen LogP contribution in [-0.4, -0.2) is 41.8 Å². The van der Waals surface area contributed by atoms with Crippen LogP contribution in [0.2, 0.25) is 0 Å². The zero-order chi connectivity index (χ0) is 20.1. The van der Waals surface area contributed by atoms with E-state index < -0.39 is 0 Å². The number of carbonyl (C=O) groups excluding carboxylic acids is 1. The van der Waals surface area contributed by atoms with Crippen molar-refractivity contribution in [1.29, 1.82) is 0 Å². The molecule has 5 nitrogen and oxygen atoms in total. The third-order valence-electron chi connectivity index (χ3n) is 5.90. The lowest BCUT2D eigenvalue weighted by Gasteiger charge is -2.32. The molecule has 4 rings (SSSR count). The van der Waals surface area contributed by atoms with Gasteiger partial charge < -0.3 is 14.7 Å². The number of ether oxygens (including phenoxy) is 1. The van der Waals surface area contributed by atoms with Crippen molar-refractivity contribution in [2.45, 2.75) is 51.3 Å². The third-order valence-corrected chi connectivity index (χ3v) is 5.90. The van der Waals surface area contributed by atoms with Crippen LogP contribution in [0.3, 0.4) is 0 Å². The van der Waals surface area contributed by atoms with Gasteiger partial charge in [-0.15, -0.1) is 0 Å². The van der Waals surface area contributed by atoms with Crippen molar-refractivity contribution in [3.63, 3.8) is 0 Å². The van der Waals surface area contributed by atoms with E-state index in [1.807, 2.05) is 41.3 Å². The lowest BCUT2D eigenvalue weighted by atomic mass is 9.99. The Morgan fingerprint density at radius 3 is 2.72 bits per heavy atom. The van der Waals surface area contributed by atoms with E-state index in [-0.39, 0.29) is 12.1 Å². The molecule has 2 aliphatic rings. The van der Waals surface area contributed by atoms with Crippen LogP contribution >= 0.6 is 0 Å². The van der Waals surface area contributed by atoms with Gasteiger partial charge in [-0.3, -0.25) is 9.69 Å². The van der Waals surface area contributed by atoms with Gasteiger partial charge in [0.25, 0.3) is 0 Å². The predicted octanol–water partition coefficient (Wildman–Crippen LogP) is 3.74. The van der Waals surface area contributed by atoms with Crippen molar-refractivity contribution in [1.82, 2.24) is 4.90 Å². The molecular weight excluding hydrogens is 364 g/mol. The van der Waals surface area contributed by atoms with Crippen molar-refractivity contribution in [3.05, 3.63) is 59.7 Å². The minimum Gasteiger partial charge on any atom is -0.493 e. The zero-order valence-corrected chi connectivity index (χ0v) is 16.9. The average Bonchev–Trinajstić information content (AvgIpc) is 2.75. The Hall–Kier alpha value is -2.37. The molecule has 1 unspecified atom stereocenters. The van der Waals surface area contributed by atoms with E-state index in [4.69, 9.17) is 4.74 Å². The number of benzene rings is 2. The number of hydrogen-bond donors (Lipinski definition) is 1. The van der Waals surface area contributed by atoms with Gasteiger partial charge >= 0.3 is 0 Å². The number of aliphatic hydroxyl groups excluding tert-OH is 1. The molecule has 1 amide bonds. The second kappa shape index (κ2) is 9.42. The van der Waals surface area contributed by atoms with Crippen molar-refractivity contribution in [2.24, 2.45) is 0 Å². The van der Waals surface area contributed by atoms with Gasteiger partial charge in [-0.2, -0.15) is 0 Å². The molecule has 0 aromatic heterocycles. The molecule has 0 spiro atoms. The number of nitrogens with zero attached hydrogens (tertiary/aromatic N) is 2. The van der Waals surface area contributed by atoms with Gasteiger partial charge in [0.05, 0.1) is 18.8 Å². The molecule has 0 bridgehead atoms. The fourth-order valence-corrected chi connectivity index (χ4v) is 4.32. The summed E-state index contributed by atoms with van der Waals surface area (Å²) in [5, 5.41) is 10.1. The second-order valence-corrected chi connectivity index (χ2v) is 7.93. The summed E-state index contributed by atoms with van der Waals surface area (Å²) < 4.78 is 6.12. The third kappa shape index (κ3) is 4.80. The van der Waals surface area contributed by atoms with Gasteiger partial charge in [-0.05, 0) is 49.8 Å². The van der Waals surface area contributed by atoms with E-state index in [1.54, 1.807) is 0 Å². The lowest BCUT2D eigenvalue weighted by Crippen LogP contribution is -2.40. The van der Waals surface area contributed by atoms with Crippen LogP contribution in [0.4, 0.5) is 5.69 Å². The first-order valence-corrected chi connectivity index (χ1v) is 10.7. The first-order chi connectivity index (χ1) is 14.2. The van der Waals surface area contributed by atoms with Gasteiger partial charge in [0, 0.05) is 25.1 Å². The summed E-state index contributed by atoms with van der Waals surface area (Å²) in [6, 6.07) is 16.1. The van der Waals surface area contributed by atoms with Gasteiger partial charge in [-0.25, -0.2) is 0 Å². The first-order valence-electron chi connectivity index (χ1n) is 10.7. The fraction of sp³-hybridized carbons (Fsp3) is 0.458. The predicted molar refractivity (Wildman–Crippen MR) is 114 cm³/mol. The van der Waals surface area contributed by atoms with Crippen LogP contribution < -0.4 is 9.64 Å². The van der Waals surface area contributed by atoms with Gasteiger partial charge in [-0.1, -0.05) is 36.4 Å². The maximum absolute atomic E-state index is 12.6. The number of amides is 1. The molecule has 1 N–H and O–H groups in total. The molecule has 0 aliphatic carbocycles. The van der Waals surface area contributed by atoms with E-state index in [2.05, 4.69) is 17.0 Å². The fourth-order valence-electron chi connectivity index (χ4n) is 4.32. The number of anilines is 1. The van der Waals surface area contributed by atoms with Gasteiger partial charge in [0.1, 0.15) is 12.0 Å². The number of aliphatic hydroxyl groups is 1. The molecule has 1 fully saturated rings. The van der Waals surface area contributed by atoms with Crippen molar-refractivity contribution >= 4 is 11.6 Å². The Kier molecular flexibility index (Phi) is 6.47. The summed E-state index contributed by atoms with van der Waals surface area (Å²) in [4.78, 5) is 16.6. The summed E-state index contributed by atoms with van der Waals surface area (Å²) in [5.41, 5.74) is 3.22. The number of hydrogen-bond acceptors (Lipinski definition) is 4. The van der Waals surface area contributed by atoms with E-state index in [0.29, 0.717) is 19.6 Å². The Labute approximate surface area is 172 Å². The molecule has 2 aliphatic heterocycles. The number of likely N-dealkylation sites (tertiary alicyclic amines) is 1. The van der Waals surface area contributed by atoms with Crippen LogP contribution in [0.25, 0.3) is 0 Å². The molecule has 154 valence electrons. The van der Waals surface area contributed by atoms with Crippen LogP contribution in [0, 0.1) is 0 Å². The number of carbonyl (C=O) groups is 1. The van der Waals surface area contributed by atoms with Crippen molar-refractivity contribution in [3.8, 4) is 5.75 Å². The highest BCUT2D eigenvalue weighted by Crippen LogP contribution is 2.35. The first kappa shape index (κ1) is 19.9. The van der Waals surface area contributed by atoms with Crippen molar-refractivity contribution < 1.29 is 14.6 Å². The summed E-state index contributed by atoms with van der Waals surface area (Å²) in [5.74, 6) is 1.05. The maximum atomic E-state index is 12.6. The largest absolute Gasteiger partial charge is 0.493 e. The molecule has 2 heterocycles.